The average molecular weight is 276 g/mol. The van der Waals surface area contributed by atoms with Crippen molar-refractivity contribution in [3.05, 3.63) is 29.7 Å². The molecule has 0 saturated carbocycles. The van der Waals surface area contributed by atoms with E-state index in [1.807, 2.05) is 6.92 Å². The fourth-order valence-electron chi connectivity index (χ4n) is 1.75. The second kappa shape index (κ2) is 5.32. The number of hydrogen-bond donors (Lipinski definition) is 2. The molecule has 2 aromatic rings. The van der Waals surface area contributed by atoms with Crippen molar-refractivity contribution in [3.63, 3.8) is 0 Å². The Balaban J connectivity index is 2.17. The number of pyridine rings is 1. The first-order valence-corrected chi connectivity index (χ1v) is 6.29. The summed E-state index contributed by atoms with van der Waals surface area (Å²) in [5, 5.41) is 11.5. The molecule has 0 spiro atoms. The number of aliphatic carboxylic acids is 1. The molecule has 6 heteroatoms. The lowest BCUT2D eigenvalue weighted by molar-refractivity contribution is -0.141. The Bertz CT molecular complexity index is 662. The van der Waals surface area contributed by atoms with Gasteiger partial charge in [0.15, 0.2) is 11.3 Å². The van der Waals surface area contributed by atoms with Crippen molar-refractivity contribution in [1.82, 2.24) is 10.3 Å². The van der Waals surface area contributed by atoms with Gasteiger partial charge < -0.3 is 14.8 Å². The Morgan fingerprint density at radius 3 is 2.70 bits per heavy atom. The normalized spacial score (nSPS) is 13.9. The molecule has 2 unspecified atom stereocenters. The molecule has 2 rings (SSSR count). The van der Waals surface area contributed by atoms with E-state index in [2.05, 4.69) is 10.3 Å². The van der Waals surface area contributed by atoms with E-state index in [0.717, 1.165) is 5.69 Å². The van der Waals surface area contributed by atoms with Crippen LogP contribution in [0.15, 0.2) is 22.6 Å². The molecule has 0 aromatic carbocycles. The monoisotopic (exact) mass is 276 g/mol. The molecular formula is C14H16N2O4. The van der Waals surface area contributed by atoms with E-state index < -0.39 is 23.8 Å². The molecule has 2 aromatic heterocycles. The maximum absolute atomic E-state index is 12.0. The first-order chi connectivity index (χ1) is 9.38. The highest BCUT2D eigenvalue weighted by molar-refractivity contribution is 5.95. The Morgan fingerprint density at radius 2 is 2.05 bits per heavy atom. The van der Waals surface area contributed by atoms with Crippen molar-refractivity contribution in [2.24, 2.45) is 5.92 Å². The van der Waals surface area contributed by atoms with Crippen LogP contribution in [-0.4, -0.2) is 28.0 Å². The number of hydrogen-bond acceptors (Lipinski definition) is 4. The zero-order valence-corrected chi connectivity index (χ0v) is 11.5. The van der Waals surface area contributed by atoms with E-state index in [1.165, 1.54) is 6.92 Å². The third-order valence-electron chi connectivity index (χ3n) is 3.23. The van der Waals surface area contributed by atoms with E-state index in [-0.39, 0.29) is 5.76 Å². The molecule has 2 atom stereocenters. The van der Waals surface area contributed by atoms with Gasteiger partial charge in [-0.3, -0.25) is 9.59 Å². The minimum atomic E-state index is -0.959. The number of carboxylic acids is 1. The van der Waals surface area contributed by atoms with E-state index in [1.54, 1.807) is 25.1 Å². The maximum Gasteiger partial charge on any atom is 0.308 e. The third kappa shape index (κ3) is 2.79. The second-order valence-electron chi connectivity index (χ2n) is 4.84. The maximum atomic E-state index is 12.0. The lowest BCUT2D eigenvalue weighted by atomic mass is 10.0. The number of amides is 1. The SMILES string of the molecule is Cc1ccc2oc(C(=O)NC(C)C(C)C(=O)O)cc2n1. The van der Waals surface area contributed by atoms with Crippen LogP contribution in [0.25, 0.3) is 11.1 Å². The summed E-state index contributed by atoms with van der Waals surface area (Å²) in [5.74, 6) is -1.95. The van der Waals surface area contributed by atoms with Crippen LogP contribution >= 0.6 is 0 Å². The molecule has 20 heavy (non-hydrogen) atoms. The van der Waals surface area contributed by atoms with Crippen molar-refractivity contribution in [2.45, 2.75) is 26.8 Å². The summed E-state index contributed by atoms with van der Waals surface area (Å²) in [7, 11) is 0. The van der Waals surface area contributed by atoms with Gasteiger partial charge in [0, 0.05) is 17.8 Å². The predicted molar refractivity (Wildman–Crippen MR) is 72.5 cm³/mol. The second-order valence-corrected chi connectivity index (χ2v) is 4.84. The van der Waals surface area contributed by atoms with Gasteiger partial charge in [0.2, 0.25) is 0 Å². The van der Waals surface area contributed by atoms with Crippen LogP contribution in [0.1, 0.15) is 30.1 Å². The highest BCUT2D eigenvalue weighted by Crippen LogP contribution is 2.18. The lowest BCUT2D eigenvalue weighted by Gasteiger charge is -2.16. The van der Waals surface area contributed by atoms with E-state index in [9.17, 15) is 9.59 Å². The molecule has 0 radical (unpaired) electrons. The van der Waals surface area contributed by atoms with Crippen LogP contribution in [0, 0.1) is 12.8 Å². The van der Waals surface area contributed by atoms with Crippen LogP contribution in [0.3, 0.4) is 0 Å². The number of carbonyl (C=O) groups is 2. The number of carbonyl (C=O) groups excluding carboxylic acids is 1. The zero-order chi connectivity index (χ0) is 14.9. The van der Waals surface area contributed by atoms with Gasteiger partial charge in [-0.1, -0.05) is 0 Å². The quantitative estimate of drug-likeness (QED) is 0.890. The van der Waals surface area contributed by atoms with Gasteiger partial charge in [-0.2, -0.15) is 0 Å². The Kier molecular flexibility index (Phi) is 3.74. The molecule has 0 bridgehead atoms. The van der Waals surface area contributed by atoms with Crippen molar-refractivity contribution < 1.29 is 19.1 Å². The molecule has 0 saturated heterocycles. The number of rotatable bonds is 4. The van der Waals surface area contributed by atoms with Gasteiger partial charge in [0.1, 0.15) is 5.52 Å². The summed E-state index contributed by atoms with van der Waals surface area (Å²) in [6.45, 7) is 5.03. The minimum absolute atomic E-state index is 0.127. The smallest absolute Gasteiger partial charge is 0.308 e. The molecule has 2 N–H and O–H groups in total. The van der Waals surface area contributed by atoms with Gasteiger partial charge in [-0.05, 0) is 32.9 Å². The lowest BCUT2D eigenvalue weighted by Crippen LogP contribution is -2.39. The summed E-state index contributed by atoms with van der Waals surface area (Å²) in [6.07, 6.45) is 0. The fourth-order valence-corrected chi connectivity index (χ4v) is 1.75. The van der Waals surface area contributed by atoms with Crippen LogP contribution in [0.4, 0.5) is 0 Å². The molecule has 0 aliphatic carbocycles. The van der Waals surface area contributed by atoms with Crippen molar-refractivity contribution in [3.8, 4) is 0 Å². The number of carboxylic acid groups (broad SMARTS) is 1. The van der Waals surface area contributed by atoms with Crippen LogP contribution in [-0.2, 0) is 4.79 Å². The molecule has 1 amide bonds. The largest absolute Gasteiger partial charge is 0.481 e. The number of aryl methyl sites for hydroxylation is 1. The molecular weight excluding hydrogens is 260 g/mol. The predicted octanol–water partition coefficient (Wildman–Crippen LogP) is 1.98. The first-order valence-electron chi connectivity index (χ1n) is 6.29. The highest BCUT2D eigenvalue weighted by Gasteiger charge is 2.23. The van der Waals surface area contributed by atoms with Gasteiger partial charge >= 0.3 is 5.97 Å². The Hall–Kier alpha value is -2.37. The van der Waals surface area contributed by atoms with Crippen molar-refractivity contribution in [2.75, 3.05) is 0 Å². The van der Waals surface area contributed by atoms with Gasteiger partial charge in [0.25, 0.3) is 5.91 Å². The number of fused-ring (bicyclic) bond motifs is 1. The number of nitrogens with zero attached hydrogens (tertiary/aromatic N) is 1. The number of furan rings is 1. The summed E-state index contributed by atoms with van der Waals surface area (Å²) in [5.41, 5.74) is 1.96. The van der Waals surface area contributed by atoms with Gasteiger partial charge in [-0.25, -0.2) is 4.98 Å². The highest BCUT2D eigenvalue weighted by atomic mass is 16.4. The van der Waals surface area contributed by atoms with E-state index in [0.29, 0.717) is 11.1 Å². The summed E-state index contributed by atoms with van der Waals surface area (Å²) in [4.78, 5) is 27.1. The number of nitrogens with one attached hydrogen (secondary N) is 1. The molecule has 0 aliphatic rings. The average Bonchev–Trinajstić information content (AvgIpc) is 2.80. The summed E-state index contributed by atoms with van der Waals surface area (Å²) < 4.78 is 5.40. The van der Waals surface area contributed by atoms with Crippen molar-refractivity contribution >= 4 is 23.0 Å². The van der Waals surface area contributed by atoms with Gasteiger partial charge in [-0.15, -0.1) is 0 Å². The standard InChI is InChI=1S/C14H16N2O4/c1-7-4-5-11-10(15-7)6-12(20-11)13(17)16-9(3)8(2)14(18)19/h4-6,8-9H,1-3H3,(H,16,17)(H,18,19). The molecule has 0 aliphatic heterocycles. The van der Waals surface area contributed by atoms with E-state index >= 15 is 0 Å². The van der Waals surface area contributed by atoms with E-state index in [4.69, 9.17) is 9.52 Å². The van der Waals surface area contributed by atoms with Crippen LogP contribution in [0.2, 0.25) is 0 Å². The first kappa shape index (κ1) is 14.0. The summed E-state index contributed by atoms with van der Waals surface area (Å²) >= 11 is 0. The Labute approximate surface area is 115 Å². The number of aromatic nitrogens is 1. The zero-order valence-electron chi connectivity index (χ0n) is 11.5. The summed E-state index contributed by atoms with van der Waals surface area (Å²) in [6, 6.07) is 4.60. The van der Waals surface area contributed by atoms with Crippen molar-refractivity contribution in [1.29, 1.82) is 0 Å². The topological polar surface area (TPSA) is 92.4 Å². The van der Waals surface area contributed by atoms with Crippen LogP contribution < -0.4 is 5.32 Å². The Morgan fingerprint density at radius 1 is 1.35 bits per heavy atom. The molecule has 0 fully saturated rings. The molecule has 2 heterocycles. The third-order valence-corrected chi connectivity index (χ3v) is 3.23. The van der Waals surface area contributed by atoms with Gasteiger partial charge in [0.05, 0.1) is 5.92 Å². The van der Waals surface area contributed by atoms with Crippen LogP contribution in [0.5, 0.6) is 0 Å². The molecule has 106 valence electrons. The minimum Gasteiger partial charge on any atom is -0.481 e. The fraction of sp³-hybridized carbons (Fsp3) is 0.357. The molecule has 6 nitrogen and oxygen atoms in total.